The number of hydrogen-bond donors (Lipinski definition) is 0. The summed E-state index contributed by atoms with van der Waals surface area (Å²) < 4.78 is 14.6. The normalized spacial score (nSPS) is 16.6. The van der Waals surface area contributed by atoms with Gasteiger partial charge < -0.3 is 13.7 Å². The lowest BCUT2D eigenvalue weighted by Gasteiger charge is -2.31. The zero-order valence-corrected chi connectivity index (χ0v) is 79.5. The van der Waals surface area contributed by atoms with E-state index < -0.39 is 0 Å². The SMILES string of the molecule is CC1(C)c2ccccc2-c2ccc(-c3ccc4c(c3)C(C)(C)c3cc(-c5cc6c(c7c5oc5ccccc57)-c5cc7c(cc5C6(C)C)-c5ccc(N(c6ccc8c(c6)C(C)(C)c6cc9c(cc6-8)C(C)(C)c6cc(-c8ccc%10c(c8)C(C)(C)c8cc(-c%11ccc%12c(c%11)C(C)(C)c%11ccccc%11-%12)ccc8-%10)c8oc%10ccccc%10c8c6-9)c6ccccc6-c6ccccc6)cc5C7(C)C)ccc3-4)cc21. The van der Waals surface area contributed by atoms with Crippen molar-refractivity contribution in [3.05, 3.63) is 423 Å². The number of benzene rings is 18. The predicted octanol–water partition coefficient (Wildman–Crippen LogP) is 35.7. The van der Waals surface area contributed by atoms with Gasteiger partial charge in [-0.1, -0.05) is 329 Å². The summed E-state index contributed by atoms with van der Waals surface area (Å²) in [6, 6.07) is 129. The lowest BCUT2D eigenvalue weighted by atomic mass is 9.78. The first-order valence-corrected chi connectivity index (χ1v) is 48.7. The largest absolute Gasteiger partial charge is 0.455 e. The van der Waals surface area contributed by atoms with Gasteiger partial charge >= 0.3 is 0 Å². The standard InChI is InChI=1S/C132H103NO2/c1-125(2)100-37-25-20-33-82(100)84-50-42-73(58-102(84)125)75-44-52-86-88-54-46-77(62-106(88)127(5,6)104(86)60-75)94-66-114-119(121-92-35-23-28-40-117(92)134-123(94)121)98-70-110-96(68-112(98)131(114,13)14)90-56-48-79(64-108(90)129(110,9)10)133(116-39-27-22-32-81(116)72-30-18-17-19-31-72)80-49-57-91-97-69-113-99(71-111(97)130(11,12)109(91)65-80)120-115(132(113,15)16)67-95(124-122(120)93-36-24-29-41-118(93)135-124)78-47-55-89-87-53-45-76(61-105(87)128(7,8)107(89)63-78)74-43-51-85-83-34-21-26-38-101(83)126(3,4)103(85)59-74/h17-71H,1-16H3. The van der Waals surface area contributed by atoms with Gasteiger partial charge in [-0.2, -0.15) is 0 Å². The van der Waals surface area contributed by atoms with E-state index in [0.29, 0.717) is 0 Å². The molecule has 8 aliphatic carbocycles. The topological polar surface area (TPSA) is 29.5 Å². The second kappa shape index (κ2) is 26.3. The average Bonchev–Trinajstić information content (AvgIpc) is 1.53. The monoisotopic (exact) mass is 1730 g/mol. The molecule has 0 bridgehead atoms. The molecule has 0 fully saturated rings. The fourth-order valence-corrected chi connectivity index (χ4v) is 27.2. The molecule has 28 rings (SSSR count). The molecule has 135 heavy (non-hydrogen) atoms. The van der Waals surface area contributed by atoms with Crippen LogP contribution < -0.4 is 4.90 Å². The second-order valence-electron chi connectivity index (χ2n) is 44.5. The minimum Gasteiger partial charge on any atom is -0.455 e. The Balaban J connectivity index is 0.523. The maximum absolute atomic E-state index is 7.30. The van der Waals surface area contributed by atoms with Gasteiger partial charge in [0.05, 0.1) is 5.69 Å². The molecule has 2 aromatic heterocycles. The molecule has 8 aliphatic rings. The third-order valence-corrected chi connectivity index (χ3v) is 34.7. The highest BCUT2D eigenvalue weighted by Gasteiger charge is 2.49. The van der Waals surface area contributed by atoms with Crippen LogP contribution in [0, 0.1) is 0 Å². The summed E-state index contributed by atoms with van der Waals surface area (Å²) in [6.45, 7) is 38.9. The molecule has 0 spiro atoms. The summed E-state index contributed by atoms with van der Waals surface area (Å²) in [4.78, 5) is 2.56. The minimum atomic E-state index is -0.385. The second-order valence-corrected chi connectivity index (χ2v) is 44.5. The van der Waals surface area contributed by atoms with Crippen molar-refractivity contribution >= 4 is 60.9 Å². The number of rotatable bonds is 8. The highest BCUT2D eigenvalue weighted by atomic mass is 16.3. The summed E-state index contributed by atoms with van der Waals surface area (Å²) in [6.07, 6.45) is 0. The highest BCUT2D eigenvalue weighted by Crippen LogP contribution is 2.66. The number of furan rings is 2. The van der Waals surface area contributed by atoms with Crippen LogP contribution in [0.4, 0.5) is 17.1 Å². The number of fused-ring (bicyclic) bond motifs is 32. The Morgan fingerprint density at radius 1 is 0.170 bits per heavy atom. The van der Waals surface area contributed by atoms with E-state index in [-0.39, 0.29) is 43.3 Å². The predicted molar refractivity (Wildman–Crippen MR) is 563 cm³/mol. The Bertz CT molecular complexity index is 8380. The molecule has 0 aliphatic heterocycles. The van der Waals surface area contributed by atoms with Gasteiger partial charge in [0.2, 0.25) is 0 Å². The number of nitrogens with zero attached hydrogens (tertiary/aromatic N) is 1. The molecule has 3 heteroatoms. The highest BCUT2D eigenvalue weighted by molar-refractivity contribution is 6.21. The molecular weight excluding hydrogens is 1630 g/mol. The van der Waals surface area contributed by atoms with E-state index in [1.807, 2.05) is 0 Å². The molecule has 2 heterocycles. The molecule has 0 saturated heterocycles. The van der Waals surface area contributed by atoms with Gasteiger partial charge in [-0.15, -0.1) is 0 Å². The van der Waals surface area contributed by atoms with Crippen molar-refractivity contribution in [3.8, 4) is 145 Å². The van der Waals surface area contributed by atoms with E-state index >= 15 is 0 Å². The molecule has 0 atom stereocenters. The molecule has 0 saturated carbocycles. The Hall–Kier alpha value is -14.6. The van der Waals surface area contributed by atoms with E-state index in [1.54, 1.807) is 0 Å². The van der Waals surface area contributed by atoms with Crippen molar-refractivity contribution in [2.24, 2.45) is 0 Å². The number of hydrogen-bond acceptors (Lipinski definition) is 3. The van der Waals surface area contributed by atoms with E-state index in [2.05, 4.69) is 449 Å². The van der Waals surface area contributed by atoms with Crippen LogP contribution in [0.2, 0.25) is 0 Å². The van der Waals surface area contributed by atoms with Gasteiger partial charge in [-0.25, -0.2) is 0 Å². The van der Waals surface area contributed by atoms with Gasteiger partial charge in [0.1, 0.15) is 22.3 Å². The van der Waals surface area contributed by atoms with Crippen LogP contribution in [0.5, 0.6) is 0 Å². The number of anilines is 3. The van der Waals surface area contributed by atoms with Crippen molar-refractivity contribution in [2.75, 3.05) is 4.90 Å². The van der Waals surface area contributed by atoms with Crippen LogP contribution in [-0.4, -0.2) is 0 Å². The molecule has 0 N–H and O–H groups in total. The zero-order valence-electron chi connectivity index (χ0n) is 79.5. The van der Waals surface area contributed by atoms with E-state index in [0.717, 1.165) is 61.3 Å². The van der Waals surface area contributed by atoms with E-state index in [4.69, 9.17) is 8.83 Å². The Morgan fingerprint density at radius 2 is 0.430 bits per heavy atom. The van der Waals surface area contributed by atoms with Crippen LogP contribution >= 0.6 is 0 Å². The summed E-state index contributed by atoms with van der Waals surface area (Å²) in [5.41, 5.74) is 59.6. The first-order valence-electron chi connectivity index (χ1n) is 48.7. The van der Waals surface area contributed by atoms with Gasteiger partial charge in [0.15, 0.2) is 0 Å². The Kier molecular flexibility index (Phi) is 15.4. The van der Waals surface area contributed by atoms with Gasteiger partial charge in [0, 0.05) is 92.9 Å². The van der Waals surface area contributed by atoms with E-state index in [1.165, 1.54) is 233 Å². The molecule has 3 nitrogen and oxygen atoms in total. The molecule has 0 amide bonds. The molecule has 20 aromatic rings. The summed E-state index contributed by atoms with van der Waals surface area (Å²) >= 11 is 0. The first-order chi connectivity index (χ1) is 64.9. The van der Waals surface area contributed by atoms with Crippen LogP contribution in [0.1, 0.15) is 200 Å². The fraction of sp³-hybridized carbons (Fsp3) is 0.182. The van der Waals surface area contributed by atoms with Crippen LogP contribution in [0.3, 0.4) is 0 Å². The lowest BCUT2D eigenvalue weighted by Crippen LogP contribution is -2.18. The Morgan fingerprint density at radius 3 is 0.822 bits per heavy atom. The minimum absolute atomic E-state index is 0.0757. The zero-order chi connectivity index (χ0) is 91.5. The molecule has 0 radical (unpaired) electrons. The van der Waals surface area contributed by atoms with Crippen LogP contribution in [0.15, 0.2) is 342 Å². The van der Waals surface area contributed by atoms with Crippen molar-refractivity contribution < 1.29 is 8.83 Å². The van der Waals surface area contributed by atoms with Gasteiger partial charge in [-0.3, -0.25) is 0 Å². The van der Waals surface area contributed by atoms with Crippen molar-refractivity contribution in [1.29, 1.82) is 0 Å². The molecule has 648 valence electrons. The van der Waals surface area contributed by atoms with Crippen molar-refractivity contribution in [1.82, 2.24) is 0 Å². The fourth-order valence-electron chi connectivity index (χ4n) is 27.2. The van der Waals surface area contributed by atoms with Crippen molar-refractivity contribution in [3.63, 3.8) is 0 Å². The molecular formula is C132H103NO2. The Labute approximate surface area is 790 Å². The van der Waals surface area contributed by atoms with Gasteiger partial charge in [0.25, 0.3) is 0 Å². The van der Waals surface area contributed by atoms with Crippen molar-refractivity contribution in [2.45, 2.75) is 154 Å². The maximum Gasteiger partial charge on any atom is 0.143 e. The first kappa shape index (κ1) is 79.0. The molecule has 18 aromatic carbocycles. The summed E-state index contributed by atoms with van der Waals surface area (Å²) in [7, 11) is 0. The third-order valence-electron chi connectivity index (χ3n) is 34.7. The maximum atomic E-state index is 7.30. The summed E-state index contributed by atoms with van der Waals surface area (Å²) in [5, 5.41) is 4.68. The quantitative estimate of drug-likeness (QED) is 0.152. The lowest BCUT2D eigenvalue weighted by molar-refractivity contribution is 0.651. The van der Waals surface area contributed by atoms with Crippen LogP contribution in [-0.2, 0) is 43.3 Å². The van der Waals surface area contributed by atoms with E-state index in [9.17, 15) is 0 Å². The summed E-state index contributed by atoms with van der Waals surface area (Å²) in [5.74, 6) is 0. The number of para-hydroxylation sites is 3. The third kappa shape index (κ3) is 10.3. The van der Waals surface area contributed by atoms with Crippen LogP contribution in [0.25, 0.3) is 189 Å². The average molecular weight is 1740 g/mol. The molecule has 0 unspecified atom stereocenters. The smallest absolute Gasteiger partial charge is 0.143 e. The van der Waals surface area contributed by atoms with Gasteiger partial charge in [-0.05, 0) is 332 Å².